The van der Waals surface area contributed by atoms with Crippen LogP contribution in [-0.2, 0) is 0 Å². The van der Waals surface area contributed by atoms with Crippen molar-refractivity contribution in [2.75, 3.05) is 6.61 Å². The van der Waals surface area contributed by atoms with Crippen LogP contribution in [0.15, 0.2) is 36.9 Å². The van der Waals surface area contributed by atoms with Gasteiger partial charge in [-0.1, -0.05) is 31.2 Å². The lowest BCUT2D eigenvalue weighted by Crippen LogP contribution is -2.13. The predicted octanol–water partition coefficient (Wildman–Crippen LogP) is 2.07. The number of benzene rings is 1. The van der Waals surface area contributed by atoms with E-state index in [9.17, 15) is 0 Å². The van der Waals surface area contributed by atoms with Crippen LogP contribution in [0.2, 0.25) is 0 Å². The second-order valence-electron chi connectivity index (χ2n) is 3.44. The minimum atomic E-state index is 0.513. The molecule has 0 aromatic heterocycles. The SMILES string of the molecule is C=CCC(C)COc1ccccc1[Si]. The highest BCUT2D eigenvalue weighted by Crippen LogP contribution is 2.09. The van der Waals surface area contributed by atoms with Crippen molar-refractivity contribution in [3.05, 3.63) is 36.9 Å². The summed E-state index contributed by atoms with van der Waals surface area (Å²) in [6, 6.07) is 7.88. The van der Waals surface area contributed by atoms with Crippen LogP contribution in [0.4, 0.5) is 0 Å². The molecule has 0 aliphatic heterocycles. The van der Waals surface area contributed by atoms with Crippen molar-refractivity contribution in [3.63, 3.8) is 0 Å². The normalized spacial score (nSPS) is 12.1. The summed E-state index contributed by atoms with van der Waals surface area (Å²) in [7, 11) is 3.49. The molecule has 0 fully saturated rings. The third-order valence-corrected chi connectivity index (χ3v) is 2.39. The molecular formula is C12H15OSi. The quantitative estimate of drug-likeness (QED) is 0.526. The molecule has 0 spiro atoms. The molecule has 0 aliphatic carbocycles. The molecule has 14 heavy (non-hydrogen) atoms. The van der Waals surface area contributed by atoms with Gasteiger partial charge < -0.3 is 4.74 Å². The molecule has 0 heterocycles. The second kappa shape index (κ2) is 5.65. The number of hydrogen-bond acceptors (Lipinski definition) is 1. The Morgan fingerprint density at radius 2 is 2.21 bits per heavy atom. The summed E-state index contributed by atoms with van der Waals surface area (Å²) >= 11 is 0. The average Bonchev–Trinajstić information content (AvgIpc) is 2.17. The van der Waals surface area contributed by atoms with Gasteiger partial charge in [0, 0.05) is 0 Å². The first kappa shape index (κ1) is 11.1. The maximum Gasteiger partial charge on any atom is 0.117 e. The molecule has 73 valence electrons. The summed E-state index contributed by atoms with van der Waals surface area (Å²) in [5.74, 6) is 1.42. The Hall–Kier alpha value is -1.02. The fraction of sp³-hybridized carbons (Fsp3) is 0.333. The predicted molar refractivity (Wildman–Crippen MR) is 61.3 cm³/mol. The highest BCUT2D eigenvalue weighted by atomic mass is 28.1. The van der Waals surface area contributed by atoms with Crippen molar-refractivity contribution in [1.82, 2.24) is 0 Å². The summed E-state index contributed by atoms with van der Waals surface area (Å²) in [5.41, 5.74) is 0. The minimum Gasteiger partial charge on any atom is -0.493 e. The van der Waals surface area contributed by atoms with Crippen LogP contribution in [0.25, 0.3) is 0 Å². The van der Waals surface area contributed by atoms with Crippen LogP contribution in [0.3, 0.4) is 0 Å². The van der Waals surface area contributed by atoms with E-state index in [-0.39, 0.29) is 0 Å². The molecule has 2 heteroatoms. The molecule has 0 N–H and O–H groups in total. The van der Waals surface area contributed by atoms with E-state index >= 15 is 0 Å². The molecule has 1 atom stereocenters. The zero-order valence-corrected chi connectivity index (χ0v) is 9.49. The minimum absolute atomic E-state index is 0.513. The summed E-state index contributed by atoms with van der Waals surface area (Å²) in [6.07, 6.45) is 2.91. The lowest BCUT2D eigenvalue weighted by molar-refractivity contribution is 0.263. The standard InChI is InChI=1S/C12H15OSi/c1-3-6-10(2)9-13-11-7-4-5-8-12(11)14/h3-5,7-8,10H,1,6,9H2,2H3. The van der Waals surface area contributed by atoms with E-state index in [1.165, 1.54) is 0 Å². The highest BCUT2D eigenvalue weighted by molar-refractivity contribution is 6.34. The van der Waals surface area contributed by atoms with Crippen LogP contribution in [0.5, 0.6) is 5.75 Å². The van der Waals surface area contributed by atoms with Crippen molar-refractivity contribution in [2.45, 2.75) is 13.3 Å². The molecule has 1 nitrogen and oxygen atoms in total. The van der Waals surface area contributed by atoms with Gasteiger partial charge in [0.15, 0.2) is 0 Å². The van der Waals surface area contributed by atoms with Crippen molar-refractivity contribution >= 4 is 15.4 Å². The third-order valence-electron chi connectivity index (χ3n) is 1.98. The molecule has 3 radical (unpaired) electrons. The molecule has 0 saturated carbocycles. The Morgan fingerprint density at radius 1 is 1.50 bits per heavy atom. The lowest BCUT2D eigenvalue weighted by Gasteiger charge is -2.12. The first-order chi connectivity index (χ1) is 6.74. The van der Waals surface area contributed by atoms with Crippen LogP contribution >= 0.6 is 0 Å². The van der Waals surface area contributed by atoms with Gasteiger partial charge in [-0.3, -0.25) is 0 Å². The van der Waals surface area contributed by atoms with E-state index in [0.717, 1.165) is 24.0 Å². The molecule has 0 saturated heterocycles. The van der Waals surface area contributed by atoms with E-state index < -0.39 is 0 Å². The zero-order valence-electron chi connectivity index (χ0n) is 8.49. The van der Waals surface area contributed by atoms with Crippen LogP contribution in [0, 0.1) is 5.92 Å². The topological polar surface area (TPSA) is 9.23 Å². The van der Waals surface area contributed by atoms with Gasteiger partial charge in [-0.15, -0.1) is 6.58 Å². The molecule has 0 amide bonds. The van der Waals surface area contributed by atoms with Crippen molar-refractivity contribution in [2.24, 2.45) is 5.92 Å². The van der Waals surface area contributed by atoms with E-state index in [0.29, 0.717) is 5.92 Å². The molecule has 0 aliphatic rings. The number of hydrogen-bond donors (Lipinski definition) is 0. The Morgan fingerprint density at radius 3 is 2.86 bits per heavy atom. The van der Waals surface area contributed by atoms with Gasteiger partial charge in [-0.05, 0) is 23.6 Å². The number of allylic oxidation sites excluding steroid dienone is 1. The maximum absolute atomic E-state index is 5.65. The molecule has 1 aromatic rings. The summed E-state index contributed by atoms with van der Waals surface area (Å²) in [6.45, 7) is 6.59. The highest BCUT2D eigenvalue weighted by Gasteiger charge is 2.02. The molecule has 0 bridgehead atoms. The van der Waals surface area contributed by atoms with Gasteiger partial charge in [0.2, 0.25) is 0 Å². The van der Waals surface area contributed by atoms with Gasteiger partial charge >= 0.3 is 0 Å². The van der Waals surface area contributed by atoms with E-state index in [4.69, 9.17) is 4.74 Å². The Kier molecular flexibility index (Phi) is 4.46. The lowest BCUT2D eigenvalue weighted by atomic mass is 10.1. The monoisotopic (exact) mass is 203 g/mol. The maximum atomic E-state index is 5.65. The van der Waals surface area contributed by atoms with Gasteiger partial charge in [-0.2, -0.15) is 0 Å². The number of para-hydroxylation sites is 1. The zero-order chi connectivity index (χ0) is 10.4. The summed E-state index contributed by atoms with van der Waals surface area (Å²) in [4.78, 5) is 0. The van der Waals surface area contributed by atoms with Gasteiger partial charge in [0.05, 0.1) is 16.8 Å². The van der Waals surface area contributed by atoms with Crippen LogP contribution in [0.1, 0.15) is 13.3 Å². The Balaban J connectivity index is 2.45. The summed E-state index contributed by atoms with van der Waals surface area (Å²) in [5, 5.41) is 0.998. The first-order valence-electron chi connectivity index (χ1n) is 4.78. The van der Waals surface area contributed by atoms with Crippen molar-refractivity contribution in [1.29, 1.82) is 0 Å². The fourth-order valence-corrected chi connectivity index (χ4v) is 1.43. The van der Waals surface area contributed by atoms with Crippen LogP contribution < -0.4 is 9.92 Å². The summed E-state index contributed by atoms with van der Waals surface area (Å²) < 4.78 is 5.65. The van der Waals surface area contributed by atoms with Gasteiger partial charge in [0.1, 0.15) is 5.75 Å². The molecular weight excluding hydrogens is 188 g/mol. The molecule has 1 aromatic carbocycles. The average molecular weight is 203 g/mol. The third kappa shape index (κ3) is 3.38. The Labute approximate surface area is 89.2 Å². The smallest absolute Gasteiger partial charge is 0.117 e. The fourth-order valence-electron chi connectivity index (χ4n) is 1.18. The van der Waals surface area contributed by atoms with Gasteiger partial charge in [-0.25, -0.2) is 0 Å². The van der Waals surface area contributed by atoms with Crippen molar-refractivity contribution in [3.8, 4) is 5.75 Å². The largest absolute Gasteiger partial charge is 0.493 e. The van der Waals surface area contributed by atoms with E-state index in [1.807, 2.05) is 30.3 Å². The first-order valence-corrected chi connectivity index (χ1v) is 5.28. The molecule has 1 unspecified atom stereocenters. The second-order valence-corrected chi connectivity index (χ2v) is 3.98. The number of ether oxygens (including phenoxy) is 1. The Bertz CT molecular complexity index is 296. The van der Waals surface area contributed by atoms with Crippen molar-refractivity contribution < 1.29 is 4.74 Å². The van der Waals surface area contributed by atoms with E-state index in [2.05, 4.69) is 23.7 Å². The van der Waals surface area contributed by atoms with Gasteiger partial charge in [0.25, 0.3) is 0 Å². The molecule has 1 rings (SSSR count). The van der Waals surface area contributed by atoms with E-state index in [1.54, 1.807) is 0 Å². The van der Waals surface area contributed by atoms with Crippen LogP contribution in [-0.4, -0.2) is 16.8 Å². The number of rotatable bonds is 5.